The number of amides is 1. The van der Waals surface area contributed by atoms with E-state index < -0.39 is 17.8 Å². The van der Waals surface area contributed by atoms with Crippen LogP contribution in [0.1, 0.15) is 22.0 Å². The minimum atomic E-state index is -0.847. The van der Waals surface area contributed by atoms with Gasteiger partial charge in [-0.25, -0.2) is 9.37 Å². The van der Waals surface area contributed by atoms with E-state index in [1.165, 1.54) is 0 Å². The molecule has 0 aliphatic carbocycles. The second-order valence-electron chi connectivity index (χ2n) is 4.13. The molecular formula is C14H12ClFN2O2. The molecule has 2 N–H and O–H groups in total. The Kier molecular flexibility index (Phi) is 4.65. The summed E-state index contributed by atoms with van der Waals surface area (Å²) in [5.41, 5.74) is 0.614. The van der Waals surface area contributed by atoms with Gasteiger partial charge in [-0.3, -0.25) is 4.79 Å². The first-order chi connectivity index (χ1) is 9.58. The van der Waals surface area contributed by atoms with E-state index >= 15 is 0 Å². The van der Waals surface area contributed by atoms with Crippen LogP contribution in [-0.4, -0.2) is 22.5 Å². The average molecular weight is 295 g/mol. The topological polar surface area (TPSA) is 62.2 Å². The van der Waals surface area contributed by atoms with Gasteiger partial charge in [-0.15, -0.1) is 0 Å². The number of aromatic nitrogens is 1. The van der Waals surface area contributed by atoms with Crippen LogP contribution in [0.2, 0.25) is 5.15 Å². The van der Waals surface area contributed by atoms with Gasteiger partial charge in [0, 0.05) is 6.54 Å². The van der Waals surface area contributed by atoms with E-state index in [4.69, 9.17) is 11.6 Å². The molecule has 0 aliphatic heterocycles. The summed E-state index contributed by atoms with van der Waals surface area (Å²) in [5, 5.41) is 12.3. The molecule has 20 heavy (non-hydrogen) atoms. The van der Waals surface area contributed by atoms with E-state index in [-0.39, 0.29) is 17.3 Å². The van der Waals surface area contributed by atoms with Crippen LogP contribution in [0.3, 0.4) is 0 Å². The molecular weight excluding hydrogens is 283 g/mol. The minimum Gasteiger partial charge on any atom is -0.387 e. The Bertz CT molecular complexity index is 607. The molecule has 0 saturated heterocycles. The number of pyridine rings is 1. The highest BCUT2D eigenvalue weighted by atomic mass is 35.5. The van der Waals surface area contributed by atoms with Gasteiger partial charge in [0.05, 0.1) is 17.9 Å². The van der Waals surface area contributed by atoms with Crippen molar-refractivity contribution in [3.63, 3.8) is 0 Å². The molecule has 2 aromatic rings. The third-order valence-corrected chi connectivity index (χ3v) is 2.99. The number of hydrogen-bond acceptors (Lipinski definition) is 3. The zero-order valence-corrected chi connectivity index (χ0v) is 11.1. The highest BCUT2D eigenvalue weighted by molar-refractivity contribution is 6.32. The van der Waals surface area contributed by atoms with E-state index in [9.17, 15) is 14.3 Å². The number of hydrogen-bond donors (Lipinski definition) is 2. The fourth-order valence-electron chi connectivity index (χ4n) is 1.66. The lowest BCUT2D eigenvalue weighted by Crippen LogP contribution is -2.28. The van der Waals surface area contributed by atoms with Crippen LogP contribution in [0.25, 0.3) is 0 Å². The monoisotopic (exact) mass is 294 g/mol. The molecule has 0 bridgehead atoms. The number of nitrogens with one attached hydrogen (secondary N) is 1. The van der Waals surface area contributed by atoms with Gasteiger partial charge in [-0.1, -0.05) is 41.9 Å². The van der Waals surface area contributed by atoms with Crippen molar-refractivity contribution in [3.8, 4) is 0 Å². The smallest absolute Gasteiger partial charge is 0.254 e. The van der Waals surface area contributed by atoms with E-state index in [1.54, 1.807) is 24.3 Å². The summed E-state index contributed by atoms with van der Waals surface area (Å²) in [6.45, 7) is -0.00428. The number of carbonyl (C=O) groups is 1. The number of rotatable bonds is 4. The summed E-state index contributed by atoms with van der Waals surface area (Å²) >= 11 is 5.72. The molecule has 0 spiro atoms. The lowest BCUT2D eigenvalue weighted by molar-refractivity contribution is 0.0915. The molecule has 1 amide bonds. The lowest BCUT2D eigenvalue weighted by atomic mass is 10.1. The van der Waals surface area contributed by atoms with Gasteiger partial charge < -0.3 is 10.4 Å². The van der Waals surface area contributed by atoms with Crippen molar-refractivity contribution in [1.82, 2.24) is 10.3 Å². The Morgan fingerprint density at radius 2 is 2.10 bits per heavy atom. The van der Waals surface area contributed by atoms with Crippen LogP contribution >= 0.6 is 11.6 Å². The van der Waals surface area contributed by atoms with E-state index in [0.717, 1.165) is 12.3 Å². The van der Waals surface area contributed by atoms with Gasteiger partial charge in [0.15, 0.2) is 0 Å². The Labute approximate surface area is 120 Å². The summed E-state index contributed by atoms with van der Waals surface area (Å²) in [7, 11) is 0. The Morgan fingerprint density at radius 1 is 1.40 bits per heavy atom. The Hall–Kier alpha value is -1.98. The quantitative estimate of drug-likeness (QED) is 0.851. The number of carbonyl (C=O) groups excluding carboxylic acids is 1. The van der Waals surface area contributed by atoms with Crippen LogP contribution in [0.15, 0.2) is 42.6 Å². The van der Waals surface area contributed by atoms with Crippen molar-refractivity contribution in [2.45, 2.75) is 6.10 Å². The summed E-state index contributed by atoms with van der Waals surface area (Å²) in [6, 6.07) is 9.88. The highest BCUT2D eigenvalue weighted by Gasteiger charge is 2.14. The highest BCUT2D eigenvalue weighted by Crippen LogP contribution is 2.15. The maximum absolute atomic E-state index is 13.0. The molecule has 4 nitrogen and oxygen atoms in total. The first-order valence-corrected chi connectivity index (χ1v) is 6.28. The normalized spacial score (nSPS) is 11.9. The van der Waals surface area contributed by atoms with Gasteiger partial charge in [0.2, 0.25) is 0 Å². The van der Waals surface area contributed by atoms with Crippen LogP contribution in [0, 0.1) is 5.82 Å². The first-order valence-electron chi connectivity index (χ1n) is 5.90. The molecule has 6 heteroatoms. The molecule has 1 heterocycles. The molecule has 0 aliphatic rings. The molecule has 1 aromatic heterocycles. The van der Waals surface area contributed by atoms with Crippen molar-refractivity contribution in [3.05, 3.63) is 64.7 Å². The molecule has 1 unspecified atom stereocenters. The largest absolute Gasteiger partial charge is 0.387 e. The predicted octanol–water partition coefficient (Wildman–Crippen LogP) is 2.34. The zero-order chi connectivity index (χ0) is 14.5. The molecule has 2 rings (SSSR count). The Morgan fingerprint density at radius 3 is 2.80 bits per heavy atom. The standard InChI is InChI=1S/C14H12ClFN2O2/c15-13-11(6-10(16)7-17-13)14(20)18-8-12(19)9-4-2-1-3-5-9/h1-7,12,19H,8H2,(H,18,20). The predicted molar refractivity (Wildman–Crippen MR) is 72.9 cm³/mol. The second kappa shape index (κ2) is 6.45. The first kappa shape index (κ1) is 14.4. The zero-order valence-electron chi connectivity index (χ0n) is 10.4. The molecule has 1 atom stereocenters. The number of aliphatic hydroxyl groups is 1. The minimum absolute atomic E-state index is 0.00428. The van der Waals surface area contributed by atoms with Crippen LogP contribution < -0.4 is 5.32 Å². The van der Waals surface area contributed by atoms with E-state index in [1.807, 2.05) is 6.07 Å². The van der Waals surface area contributed by atoms with Crippen molar-refractivity contribution in [1.29, 1.82) is 0 Å². The number of nitrogens with zero attached hydrogens (tertiary/aromatic N) is 1. The molecule has 0 saturated carbocycles. The molecule has 104 valence electrons. The van der Waals surface area contributed by atoms with Gasteiger partial charge >= 0.3 is 0 Å². The van der Waals surface area contributed by atoms with Gasteiger partial charge in [-0.2, -0.15) is 0 Å². The molecule has 0 radical (unpaired) electrons. The second-order valence-corrected chi connectivity index (χ2v) is 4.49. The van der Waals surface area contributed by atoms with Crippen molar-refractivity contribution in [2.75, 3.05) is 6.54 Å². The van der Waals surface area contributed by atoms with Crippen LogP contribution in [-0.2, 0) is 0 Å². The fraction of sp³-hybridized carbons (Fsp3) is 0.143. The Balaban J connectivity index is 2.00. The van der Waals surface area contributed by atoms with Crippen molar-refractivity contribution >= 4 is 17.5 Å². The summed E-state index contributed by atoms with van der Waals surface area (Å²) < 4.78 is 13.0. The third-order valence-electron chi connectivity index (χ3n) is 2.69. The number of halogens is 2. The van der Waals surface area contributed by atoms with Crippen molar-refractivity contribution in [2.24, 2.45) is 0 Å². The van der Waals surface area contributed by atoms with Crippen molar-refractivity contribution < 1.29 is 14.3 Å². The van der Waals surface area contributed by atoms with Crippen LogP contribution in [0.5, 0.6) is 0 Å². The summed E-state index contributed by atoms with van der Waals surface area (Å²) in [6.07, 6.45) is 0.0817. The summed E-state index contributed by atoms with van der Waals surface area (Å²) in [5.74, 6) is -1.24. The summed E-state index contributed by atoms with van der Waals surface area (Å²) in [4.78, 5) is 15.4. The van der Waals surface area contributed by atoms with E-state index in [0.29, 0.717) is 5.56 Å². The van der Waals surface area contributed by atoms with Gasteiger partial charge in [0.25, 0.3) is 5.91 Å². The number of benzene rings is 1. The maximum Gasteiger partial charge on any atom is 0.254 e. The van der Waals surface area contributed by atoms with Gasteiger partial charge in [0.1, 0.15) is 11.0 Å². The number of aliphatic hydroxyl groups excluding tert-OH is 1. The third kappa shape index (κ3) is 3.53. The molecule has 1 aromatic carbocycles. The lowest BCUT2D eigenvalue weighted by Gasteiger charge is -2.12. The van der Waals surface area contributed by atoms with Gasteiger partial charge in [-0.05, 0) is 11.6 Å². The van der Waals surface area contributed by atoms with Crippen LogP contribution in [0.4, 0.5) is 4.39 Å². The molecule has 0 fully saturated rings. The SMILES string of the molecule is O=C(NCC(O)c1ccccc1)c1cc(F)cnc1Cl. The average Bonchev–Trinajstić information content (AvgIpc) is 2.47. The fourth-order valence-corrected chi connectivity index (χ4v) is 1.85. The maximum atomic E-state index is 13.0. The van der Waals surface area contributed by atoms with E-state index in [2.05, 4.69) is 10.3 Å².